The molecular formula is C64H100O28. The minimum Gasteiger partial charge on any atom is -0.479 e. The number of hydrogen-bond donors (Lipinski definition) is 14. The SMILES string of the molecule is C/C=C(/C)C(=O)O[C@H]1[C@H](OC(=O)/C(C)=C\C)[C@@]23[C@@H](CC1(C)C)[C@]1(CC[C@H]4[C@]5(C)CC[C@@H](O[C@@H]6O[C@H](C(=O)O)[C@@H](O)[C@H](O[C@H]7O[C@@H](CO)[C@H](O)[C@@H](O)[C@@H]7O[C@H]7O[C@@H](C)[C@H](O)[C@@H](O)[C@@H]7O)[C@H]6O[C@H]6O[C@@H](CO)[C@H](O)[C@@H](O)[C@@H]6O)C(C)(C)[C@H]5CC[C@]4(C)[C@]1(C)C[C@@H]2O)O[C@@H]3O. The van der Waals surface area contributed by atoms with E-state index in [0.29, 0.717) is 44.1 Å². The van der Waals surface area contributed by atoms with Crippen molar-refractivity contribution in [3.05, 3.63) is 23.3 Å². The average molecular weight is 1320 g/mol. The zero-order valence-electron chi connectivity index (χ0n) is 54.4. The normalized spacial score (nSPS) is 52.4. The molecular weight excluding hydrogens is 1220 g/mol. The van der Waals surface area contributed by atoms with Gasteiger partial charge >= 0.3 is 17.9 Å². The zero-order chi connectivity index (χ0) is 67.8. The Hall–Kier alpha value is -2.99. The number of rotatable bonds is 15. The van der Waals surface area contributed by atoms with E-state index in [9.17, 15) is 85.9 Å². The first-order valence-electron chi connectivity index (χ1n) is 32.5. The van der Waals surface area contributed by atoms with Crippen LogP contribution in [0.2, 0.25) is 0 Å². The predicted octanol–water partition coefficient (Wildman–Crippen LogP) is -0.937. The van der Waals surface area contributed by atoms with E-state index < -0.39 is 229 Å². The maximum absolute atomic E-state index is 14.0. The molecule has 0 aromatic carbocycles. The summed E-state index contributed by atoms with van der Waals surface area (Å²) in [4.78, 5) is 41.0. The third-order valence-corrected chi connectivity index (χ3v) is 24.7. The van der Waals surface area contributed by atoms with Crippen molar-refractivity contribution in [2.75, 3.05) is 13.2 Å². The Balaban J connectivity index is 0.976. The van der Waals surface area contributed by atoms with Crippen LogP contribution >= 0.6 is 0 Å². The number of carboxylic acid groups (broad SMARTS) is 1. The highest BCUT2D eigenvalue weighted by molar-refractivity contribution is 5.89. The maximum atomic E-state index is 14.0. The number of hydrogen-bond acceptors (Lipinski definition) is 27. The van der Waals surface area contributed by atoms with Crippen molar-refractivity contribution in [3.63, 3.8) is 0 Å². The lowest BCUT2D eigenvalue weighted by atomic mass is 9.30. The van der Waals surface area contributed by atoms with Crippen molar-refractivity contribution in [2.24, 2.45) is 50.2 Å². The molecule has 10 fully saturated rings. The molecule has 0 amide bonds. The molecule has 0 aromatic heterocycles. The largest absolute Gasteiger partial charge is 0.479 e. The minimum atomic E-state index is -2.30. The summed E-state index contributed by atoms with van der Waals surface area (Å²) in [6.07, 6.45) is -37.9. The summed E-state index contributed by atoms with van der Waals surface area (Å²) in [5.74, 6) is -3.89. The molecule has 5 heterocycles. The van der Waals surface area contributed by atoms with Crippen molar-refractivity contribution in [1.82, 2.24) is 0 Å². The minimum absolute atomic E-state index is 0.0674. The number of carboxylic acids is 1. The van der Waals surface area contributed by atoms with E-state index in [0.717, 1.165) is 0 Å². The van der Waals surface area contributed by atoms with Crippen LogP contribution in [0.4, 0.5) is 0 Å². The second-order valence-corrected chi connectivity index (χ2v) is 30.0. The molecule has 524 valence electrons. The Kier molecular flexibility index (Phi) is 20.1. The van der Waals surface area contributed by atoms with Gasteiger partial charge in [-0.05, 0) is 114 Å². The topological polar surface area (TPSA) is 436 Å². The van der Waals surface area contributed by atoms with Gasteiger partial charge in [-0.3, -0.25) is 0 Å². The Labute approximate surface area is 534 Å². The van der Waals surface area contributed by atoms with Gasteiger partial charge in [-0.2, -0.15) is 0 Å². The number of aliphatic hydroxyl groups is 13. The number of carbonyl (C=O) groups is 3. The highest BCUT2D eigenvalue weighted by Gasteiger charge is 2.86. The highest BCUT2D eigenvalue weighted by atomic mass is 16.8. The van der Waals surface area contributed by atoms with Crippen molar-refractivity contribution >= 4 is 17.9 Å². The van der Waals surface area contributed by atoms with Crippen molar-refractivity contribution in [1.29, 1.82) is 0 Å². The molecule has 1 spiro atoms. The molecule has 28 heteroatoms. The van der Waals surface area contributed by atoms with Gasteiger partial charge in [0.05, 0.1) is 42.5 Å². The van der Waals surface area contributed by atoms with Gasteiger partial charge in [0.15, 0.2) is 43.7 Å². The molecule has 14 N–H and O–H groups in total. The van der Waals surface area contributed by atoms with Crippen LogP contribution in [-0.2, 0) is 66.5 Å². The van der Waals surface area contributed by atoms with Crippen LogP contribution in [0, 0.1) is 50.2 Å². The summed E-state index contributed by atoms with van der Waals surface area (Å²) in [5, 5.41) is 158. The van der Waals surface area contributed by atoms with Crippen LogP contribution < -0.4 is 0 Å². The van der Waals surface area contributed by atoms with E-state index in [1.165, 1.54) is 6.92 Å². The Morgan fingerprint density at radius 3 is 1.64 bits per heavy atom. The van der Waals surface area contributed by atoms with Gasteiger partial charge in [-0.25, -0.2) is 14.4 Å². The van der Waals surface area contributed by atoms with Gasteiger partial charge in [0, 0.05) is 27.9 Å². The molecule has 10 aliphatic rings. The highest BCUT2D eigenvalue weighted by Crippen LogP contribution is 2.82. The lowest BCUT2D eigenvalue weighted by Crippen LogP contribution is -2.77. The van der Waals surface area contributed by atoms with E-state index in [4.69, 9.17) is 52.1 Å². The Morgan fingerprint density at radius 1 is 0.533 bits per heavy atom. The lowest BCUT2D eigenvalue weighted by Gasteiger charge is -2.75. The number of aliphatic hydroxyl groups excluding tert-OH is 13. The first kappa shape index (κ1) is 71.8. The summed E-state index contributed by atoms with van der Waals surface area (Å²) in [7, 11) is 0. The van der Waals surface area contributed by atoms with Crippen LogP contribution in [0.1, 0.15) is 134 Å². The van der Waals surface area contributed by atoms with E-state index in [1.54, 1.807) is 39.8 Å². The molecule has 0 aromatic rings. The predicted molar refractivity (Wildman–Crippen MR) is 312 cm³/mol. The number of carbonyl (C=O) groups excluding carboxylic acids is 2. The fourth-order valence-electron chi connectivity index (χ4n) is 19.2. The van der Waals surface area contributed by atoms with Gasteiger partial charge < -0.3 is 124 Å². The summed E-state index contributed by atoms with van der Waals surface area (Å²) >= 11 is 0. The lowest BCUT2D eigenvalue weighted by molar-refractivity contribution is -0.406. The Morgan fingerprint density at radius 2 is 1.05 bits per heavy atom. The van der Waals surface area contributed by atoms with Gasteiger partial charge in [0.2, 0.25) is 0 Å². The molecule has 5 aliphatic heterocycles. The monoisotopic (exact) mass is 1320 g/mol. The van der Waals surface area contributed by atoms with E-state index in [-0.39, 0.29) is 30.3 Å². The molecule has 5 saturated carbocycles. The van der Waals surface area contributed by atoms with Gasteiger partial charge in [-0.1, -0.05) is 60.6 Å². The molecule has 0 unspecified atom stereocenters. The quantitative estimate of drug-likeness (QED) is 0.0535. The fraction of sp³-hybridized carbons (Fsp3) is 0.891. The van der Waals surface area contributed by atoms with Crippen LogP contribution in [0.3, 0.4) is 0 Å². The van der Waals surface area contributed by atoms with Crippen LogP contribution in [0.5, 0.6) is 0 Å². The first-order chi connectivity index (χ1) is 42.9. The smallest absolute Gasteiger partial charge is 0.335 e. The second-order valence-electron chi connectivity index (χ2n) is 30.0. The molecule has 92 heavy (non-hydrogen) atoms. The molecule has 0 radical (unpaired) electrons. The standard InChI is InChI=1S/C64H100O28/c1-13-25(3)51(79)90-48-49(91-52(80)26(4)14-2)64-32(21-58(48,6)7)63(92-57(64)81)20-16-31-60(10)18-17-34(59(8,9)30(60)15-19-61(31,11)62(63,12)22-33(64)67)85-56-47(89-54-42(75)39(72)36(69)28(23-65)83-54)44(43(76)45(87-56)50(77)78)86-55-46(40(73)37(70)29(24-66)84-55)88-53-41(74)38(71)35(68)27(5)82-53/h13-14,27-49,53-57,65-76,81H,15-24H2,1-12H3,(H,77,78)/b25-13-,26-14-/t27-,28-,29-,30+,31-,32-,33-,34+,35-,36-,37-,38+,39+,40+,41-,42-,43-,44-,45-,46-,47+,48-,49-,53+,54+,55+,56+,57-,60+,61-,62-,63-,64+/m0/s1. The van der Waals surface area contributed by atoms with Gasteiger partial charge in [0.1, 0.15) is 91.6 Å². The molecule has 28 nitrogen and oxygen atoms in total. The molecule has 2 bridgehead atoms. The number of aliphatic carboxylic acids is 1. The van der Waals surface area contributed by atoms with E-state index >= 15 is 0 Å². The summed E-state index contributed by atoms with van der Waals surface area (Å²) in [6.45, 7) is 20.7. The maximum Gasteiger partial charge on any atom is 0.335 e. The van der Waals surface area contributed by atoms with E-state index in [2.05, 4.69) is 20.8 Å². The summed E-state index contributed by atoms with van der Waals surface area (Å²) in [5.41, 5.74) is -5.77. The van der Waals surface area contributed by atoms with E-state index in [1.807, 2.05) is 27.7 Å². The molecule has 10 rings (SSSR count). The third-order valence-electron chi connectivity index (χ3n) is 24.7. The van der Waals surface area contributed by atoms with Gasteiger partial charge in [-0.15, -0.1) is 0 Å². The number of fused-ring (bicyclic) bond motifs is 4. The van der Waals surface area contributed by atoms with Crippen molar-refractivity contribution in [2.45, 2.75) is 294 Å². The second kappa shape index (κ2) is 25.7. The number of ether oxygens (including phenoxy) is 11. The fourth-order valence-corrected chi connectivity index (χ4v) is 19.2. The van der Waals surface area contributed by atoms with Crippen molar-refractivity contribution in [3.8, 4) is 0 Å². The van der Waals surface area contributed by atoms with Crippen LogP contribution in [-0.4, -0.2) is 262 Å². The zero-order valence-corrected chi connectivity index (χ0v) is 54.4. The molecule has 33 atom stereocenters. The van der Waals surface area contributed by atoms with Crippen molar-refractivity contribution < 1.29 is 138 Å². The summed E-state index contributed by atoms with van der Waals surface area (Å²) < 4.78 is 69.2. The number of allylic oxidation sites excluding steroid dienone is 2. The molecule has 5 saturated heterocycles. The molecule has 5 aliphatic carbocycles. The third kappa shape index (κ3) is 11.0. The average Bonchev–Trinajstić information content (AvgIpc) is 1.37. The summed E-state index contributed by atoms with van der Waals surface area (Å²) in [6, 6.07) is 0. The van der Waals surface area contributed by atoms with Crippen LogP contribution in [0.15, 0.2) is 23.3 Å². The first-order valence-corrected chi connectivity index (χ1v) is 32.5. The van der Waals surface area contributed by atoms with Gasteiger partial charge in [0.25, 0.3) is 0 Å². The number of esters is 2. The Bertz CT molecular complexity index is 2760. The van der Waals surface area contributed by atoms with Crippen LogP contribution in [0.25, 0.3) is 0 Å².